The van der Waals surface area contributed by atoms with Crippen LogP contribution in [0.3, 0.4) is 0 Å². The summed E-state index contributed by atoms with van der Waals surface area (Å²) in [5.41, 5.74) is 1.31. The molecular formula is C16H16BrF2NO. The second kappa shape index (κ2) is 7.00. The number of nitrogens with one attached hydrogen (secondary N) is 1. The summed E-state index contributed by atoms with van der Waals surface area (Å²) in [4.78, 5) is 0. The molecule has 0 bridgehead atoms. The maximum absolute atomic E-state index is 13.8. The van der Waals surface area contributed by atoms with E-state index >= 15 is 0 Å². The van der Waals surface area contributed by atoms with Crippen molar-refractivity contribution in [3.8, 4) is 5.75 Å². The van der Waals surface area contributed by atoms with Crippen molar-refractivity contribution < 1.29 is 13.5 Å². The summed E-state index contributed by atoms with van der Waals surface area (Å²) < 4.78 is 33.0. The molecule has 5 heteroatoms. The Hall–Kier alpha value is -1.46. The average Bonchev–Trinajstić information content (AvgIpc) is 2.48. The van der Waals surface area contributed by atoms with Crippen molar-refractivity contribution in [2.24, 2.45) is 0 Å². The number of hydrogen-bond donors (Lipinski definition) is 1. The van der Waals surface area contributed by atoms with Crippen molar-refractivity contribution in [3.05, 3.63) is 63.6 Å². The minimum absolute atomic E-state index is 0.122. The van der Waals surface area contributed by atoms with Crippen LogP contribution in [0, 0.1) is 11.6 Å². The van der Waals surface area contributed by atoms with E-state index < -0.39 is 11.6 Å². The van der Waals surface area contributed by atoms with Gasteiger partial charge in [-0.05, 0) is 70.9 Å². The van der Waals surface area contributed by atoms with Gasteiger partial charge in [0.05, 0.1) is 11.6 Å². The Balaban J connectivity index is 2.27. The normalized spacial score (nSPS) is 12.2. The SMILES string of the molecule is CNC(Cc1cc(F)ccc1F)c1ccc(OC)c(Br)c1. The molecule has 0 radical (unpaired) electrons. The zero-order valence-electron chi connectivity index (χ0n) is 11.8. The maximum Gasteiger partial charge on any atom is 0.133 e. The van der Waals surface area contributed by atoms with Gasteiger partial charge in [-0.2, -0.15) is 0 Å². The summed E-state index contributed by atoms with van der Waals surface area (Å²) in [5.74, 6) is -0.105. The van der Waals surface area contributed by atoms with Crippen molar-refractivity contribution in [1.29, 1.82) is 0 Å². The summed E-state index contributed by atoms with van der Waals surface area (Å²) in [6.45, 7) is 0. The average molecular weight is 356 g/mol. The summed E-state index contributed by atoms with van der Waals surface area (Å²) in [6.07, 6.45) is 0.360. The van der Waals surface area contributed by atoms with Crippen LogP contribution in [0.15, 0.2) is 40.9 Å². The molecule has 2 aromatic carbocycles. The fourth-order valence-electron chi connectivity index (χ4n) is 2.21. The van der Waals surface area contributed by atoms with Gasteiger partial charge in [0.15, 0.2) is 0 Å². The highest BCUT2D eigenvalue weighted by atomic mass is 79.9. The van der Waals surface area contributed by atoms with Crippen LogP contribution in [0.2, 0.25) is 0 Å². The van der Waals surface area contributed by atoms with Gasteiger partial charge in [0, 0.05) is 6.04 Å². The van der Waals surface area contributed by atoms with Crippen LogP contribution in [0.4, 0.5) is 8.78 Å². The first kappa shape index (κ1) is 15.9. The van der Waals surface area contributed by atoms with Crippen molar-refractivity contribution in [3.63, 3.8) is 0 Å². The maximum atomic E-state index is 13.8. The largest absolute Gasteiger partial charge is 0.496 e. The first-order valence-electron chi connectivity index (χ1n) is 6.49. The van der Waals surface area contributed by atoms with E-state index in [-0.39, 0.29) is 6.04 Å². The molecular weight excluding hydrogens is 340 g/mol. The number of hydrogen-bond acceptors (Lipinski definition) is 2. The van der Waals surface area contributed by atoms with Gasteiger partial charge >= 0.3 is 0 Å². The third-order valence-electron chi connectivity index (χ3n) is 3.36. The van der Waals surface area contributed by atoms with Crippen LogP contribution in [0.1, 0.15) is 17.2 Å². The predicted octanol–water partition coefficient (Wildman–Crippen LogP) is 4.24. The van der Waals surface area contributed by atoms with E-state index in [9.17, 15) is 8.78 Å². The third-order valence-corrected chi connectivity index (χ3v) is 3.98. The van der Waals surface area contributed by atoms with Crippen LogP contribution >= 0.6 is 15.9 Å². The van der Waals surface area contributed by atoms with Crippen LogP contribution in [-0.4, -0.2) is 14.2 Å². The molecule has 2 rings (SSSR count). The highest BCUT2D eigenvalue weighted by molar-refractivity contribution is 9.10. The van der Waals surface area contributed by atoms with Gasteiger partial charge in [-0.15, -0.1) is 0 Å². The molecule has 21 heavy (non-hydrogen) atoms. The van der Waals surface area contributed by atoms with Gasteiger partial charge in [-0.25, -0.2) is 8.78 Å². The Morgan fingerprint density at radius 3 is 2.57 bits per heavy atom. The molecule has 2 aromatic rings. The molecule has 1 N–H and O–H groups in total. The molecule has 0 aliphatic heterocycles. The summed E-state index contributed by atoms with van der Waals surface area (Å²) in [5, 5.41) is 3.13. The molecule has 1 unspecified atom stereocenters. The Labute approximate surface area is 131 Å². The minimum Gasteiger partial charge on any atom is -0.496 e. The molecule has 0 amide bonds. The quantitative estimate of drug-likeness (QED) is 0.865. The van der Waals surface area contributed by atoms with E-state index in [1.807, 2.05) is 18.2 Å². The van der Waals surface area contributed by atoms with Gasteiger partial charge in [0.25, 0.3) is 0 Å². The second-order valence-corrected chi connectivity index (χ2v) is 5.53. The van der Waals surface area contributed by atoms with Gasteiger partial charge in [0.2, 0.25) is 0 Å². The molecule has 1 atom stereocenters. The van der Waals surface area contributed by atoms with Crippen molar-refractivity contribution in [1.82, 2.24) is 5.32 Å². The first-order chi connectivity index (χ1) is 10.0. The first-order valence-corrected chi connectivity index (χ1v) is 7.29. The monoisotopic (exact) mass is 355 g/mol. The number of rotatable bonds is 5. The number of halogens is 3. The van der Waals surface area contributed by atoms with Gasteiger partial charge in [0.1, 0.15) is 17.4 Å². The molecule has 0 fully saturated rings. The Morgan fingerprint density at radius 1 is 1.19 bits per heavy atom. The molecule has 0 saturated heterocycles. The van der Waals surface area contributed by atoms with Crippen LogP contribution < -0.4 is 10.1 Å². The Bertz CT molecular complexity index is 634. The highest BCUT2D eigenvalue weighted by Crippen LogP contribution is 2.29. The van der Waals surface area contributed by atoms with E-state index in [4.69, 9.17) is 4.74 Å². The van der Waals surface area contributed by atoms with Crippen LogP contribution in [0.5, 0.6) is 5.75 Å². The fraction of sp³-hybridized carbons (Fsp3) is 0.250. The highest BCUT2D eigenvalue weighted by Gasteiger charge is 2.15. The summed E-state index contributed by atoms with van der Waals surface area (Å²) >= 11 is 3.43. The lowest BCUT2D eigenvalue weighted by molar-refractivity contribution is 0.411. The zero-order valence-corrected chi connectivity index (χ0v) is 13.4. The lowest BCUT2D eigenvalue weighted by Gasteiger charge is -2.18. The van der Waals surface area contributed by atoms with Crippen molar-refractivity contribution in [2.75, 3.05) is 14.2 Å². The van der Waals surface area contributed by atoms with Crippen LogP contribution in [0.25, 0.3) is 0 Å². The van der Waals surface area contributed by atoms with Gasteiger partial charge in [-0.3, -0.25) is 0 Å². The van der Waals surface area contributed by atoms with Gasteiger partial charge in [-0.1, -0.05) is 6.07 Å². The smallest absolute Gasteiger partial charge is 0.133 e. The Kier molecular flexibility index (Phi) is 5.31. The topological polar surface area (TPSA) is 21.3 Å². The van der Waals surface area contributed by atoms with Crippen LogP contribution in [-0.2, 0) is 6.42 Å². The molecule has 0 aromatic heterocycles. The lowest BCUT2D eigenvalue weighted by atomic mass is 9.98. The lowest BCUT2D eigenvalue weighted by Crippen LogP contribution is -2.19. The second-order valence-electron chi connectivity index (χ2n) is 4.68. The number of benzene rings is 2. The predicted molar refractivity (Wildman–Crippen MR) is 82.6 cm³/mol. The molecule has 0 aliphatic rings. The number of likely N-dealkylation sites (N-methyl/N-ethyl adjacent to an activating group) is 1. The summed E-state index contributed by atoms with van der Waals surface area (Å²) in [7, 11) is 3.39. The minimum atomic E-state index is -0.433. The van der Waals surface area contributed by atoms with Gasteiger partial charge < -0.3 is 10.1 Å². The van der Waals surface area contributed by atoms with E-state index in [1.54, 1.807) is 14.2 Å². The Morgan fingerprint density at radius 2 is 1.95 bits per heavy atom. The molecule has 112 valence electrons. The van der Waals surface area contributed by atoms with E-state index in [0.717, 1.165) is 27.9 Å². The van der Waals surface area contributed by atoms with E-state index in [2.05, 4.69) is 21.2 Å². The number of methoxy groups -OCH3 is 1. The molecule has 0 spiro atoms. The molecule has 0 heterocycles. The third kappa shape index (κ3) is 3.80. The fourth-order valence-corrected chi connectivity index (χ4v) is 2.76. The van der Waals surface area contributed by atoms with Crippen molar-refractivity contribution >= 4 is 15.9 Å². The summed E-state index contributed by atoms with van der Waals surface area (Å²) in [6, 6.07) is 9.05. The molecule has 0 saturated carbocycles. The van der Waals surface area contributed by atoms with E-state index in [1.165, 1.54) is 6.07 Å². The number of ether oxygens (including phenoxy) is 1. The van der Waals surface area contributed by atoms with E-state index in [0.29, 0.717) is 12.0 Å². The zero-order chi connectivity index (χ0) is 15.4. The standard InChI is InChI=1S/C16H16BrF2NO/c1-20-15(9-11-7-12(18)4-5-14(11)19)10-3-6-16(21-2)13(17)8-10/h3-8,15,20H,9H2,1-2H3. The molecule has 2 nitrogen and oxygen atoms in total. The molecule has 0 aliphatic carbocycles. The van der Waals surface area contributed by atoms with Crippen molar-refractivity contribution in [2.45, 2.75) is 12.5 Å².